The van der Waals surface area contributed by atoms with E-state index < -0.39 is 0 Å². The predicted molar refractivity (Wildman–Crippen MR) is 75.4 cm³/mol. The third kappa shape index (κ3) is 3.48. The molecule has 2 rings (SSSR count). The van der Waals surface area contributed by atoms with Crippen LogP contribution in [0.2, 0.25) is 0 Å². The van der Waals surface area contributed by atoms with Crippen LogP contribution >= 0.6 is 15.9 Å². The first kappa shape index (κ1) is 13.4. The molecular formula is C14H18BrNO2. The highest BCUT2D eigenvalue weighted by atomic mass is 79.9. The lowest BCUT2D eigenvalue weighted by atomic mass is 9.90. The van der Waals surface area contributed by atoms with E-state index in [2.05, 4.69) is 15.9 Å². The summed E-state index contributed by atoms with van der Waals surface area (Å²) < 4.78 is 6.20. The van der Waals surface area contributed by atoms with Crippen molar-refractivity contribution >= 4 is 27.6 Å². The SMILES string of the molecule is Nc1ccc(Br)cc1C(=O)OCC1CCCCC1. The van der Waals surface area contributed by atoms with Crippen molar-refractivity contribution in [2.45, 2.75) is 32.1 Å². The van der Waals surface area contributed by atoms with E-state index in [-0.39, 0.29) is 5.97 Å². The Morgan fingerprint density at radius 2 is 2.06 bits per heavy atom. The maximum atomic E-state index is 11.9. The molecule has 1 saturated carbocycles. The lowest BCUT2D eigenvalue weighted by Crippen LogP contribution is -2.17. The number of rotatable bonds is 3. The molecule has 18 heavy (non-hydrogen) atoms. The summed E-state index contributed by atoms with van der Waals surface area (Å²) in [5.41, 5.74) is 6.69. The molecule has 0 aliphatic heterocycles. The van der Waals surface area contributed by atoms with Crippen LogP contribution < -0.4 is 5.73 Å². The minimum absolute atomic E-state index is 0.320. The quantitative estimate of drug-likeness (QED) is 0.683. The molecule has 0 amide bonds. The Labute approximate surface area is 116 Å². The number of nitrogen functional groups attached to an aromatic ring is 1. The van der Waals surface area contributed by atoms with Crippen molar-refractivity contribution in [3.8, 4) is 0 Å². The molecular weight excluding hydrogens is 294 g/mol. The standard InChI is InChI=1S/C14H18BrNO2/c15-11-6-7-13(16)12(8-11)14(17)18-9-10-4-2-1-3-5-10/h6-8,10H,1-5,9,16H2. The van der Waals surface area contributed by atoms with Crippen LogP contribution in [0.5, 0.6) is 0 Å². The Balaban J connectivity index is 1.92. The molecule has 1 fully saturated rings. The van der Waals surface area contributed by atoms with Crippen molar-refractivity contribution in [2.24, 2.45) is 5.92 Å². The largest absolute Gasteiger partial charge is 0.462 e. The van der Waals surface area contributed by atoms with Crippen molar-refractivity contribution in [1.82, 2.24) is 0 Å². The van der Waals surface area contributed by atoms with Gasteiger partial charge in [-0.2, -0.15) is 0 Å². The summed E-state index contributed by atoms with van der Waals surface area (Å²) in [5.74, 6) is 0.204. The number of carbonyl (C=O) groups is 1. The minimum Gasteiger partial charge on any atom is -0.462 e. The number of ether oxygens (including phenoxy) is 1. The number of carbonyl (C=O) groups excluding carboxylic acids is 1. The Kier molecular flexibility index (Phi) is 4.64. The van der Waals surface area contributed by atoms with Gasteiger partial charge in [-0.25, -0.2) is 4.79 Å². The van der Waals surface area contributed by atoms with Crippen LogP contribution in [0, 0.1) is 5.92 Å². The molecule has 1 aliphatic rings. The van der Waals surface area contributed by atoms with E-state index in [9.17, 15) is 4.79 Å². The molecule has 98 valence electrons. The van der Waals surface area contributed by atoms with E-state index in [0.29, 0.717) is 23.8 Å². The highest BCUT2D eigenvalue weighted by Gasteiger charge is 2.17. The zero-order valence-electron chi connectivity index (χ0n) is 10.3. The fraction of sp³-hybridized carbons (Fsp3) is 0.500. The zero-order chi connectivity index (χ0) is 13.0. The van der Waals surface area contributed by atoms with Crippen LogP contribution in [0.4, 0.5) is 5.69 Å². The van der Waals surface area contributed by atoms with Crippen molar-refractivity contribution in [3.05, 3.63) is 28.2 Å². The monoisotopic (exact) mass is 311 g/mol. The van der Waals surface area contributed by atoms with Gasteiger partial charge in [-0.1, -0.05) is 35.2 Å². The summed E-state index contributed by atoms with van der Waals surface area (Å²) in [6.07, 6.45) is 6.15. The van der Waals surface area contributed by atoms with Crippen molar-refractivity contribution in [2.75, 3.05) is 12.3 Å². The van der Waals surface area contributed by atoms with Crippen molar-refractivity contribution in [1.29, 1.82) is 0 Å². The Morgan fingerprint density at radius 3 is 2.78 bits per heavy atom. The Bertz CT molecular complexity index is 428. The van der Waals surface area contributed by atoms with Crippen LogP contribution in [-0.4, -0.2) is 12.6 Å². The minimum atomic E-state index is -0.320. The maximum absolute atomic E-state index is 11.9. The summed E-state index contributed by atoms with van der Waals surface area (Å²) in [6, 6.07) is 5.23. The topological polar surface area (TPSA) is 52.3 Å². The van der Waals surface area contributed by atoms with Gasteiger partial charge in [0.25, 0.3) is 0 Å². The first-order chi connectivity index (χ1) is 8.66. The molecule has 4 heteroatoms. The summed E-state index contributed by atoms with van der Waals surface area (Å²) in [5, 5.41) is 0. The number of hydrogen-bond acceptors (Lipinski definition) is 3. The molecule has 0 bridgehead atoms. The molecule has 0 saturated heterocycles. The van der Waals surface area contributed by atoms with Gasteiger partial charge in [0.2, 0.25) is 0 Å². The second-order valence-corrected chi connectivity index (χ2v) is 5.75. The normalized spacial score (nSPS) is 16.5. The fourth-order valence-electron chi connectivity index (χ4n) is 2.33. The van der Waals surface area contributed by atoms with Crippen molar-refractivity contribution < 1.29 is 9.53 Å². The van der Waals surface area contributed by atoms with Gasteiger partial charge < -0.3 is 10.5 Å². The molecule has 1 aliphatic carbocycles. The summed E-state index contributed by atoms with van der Waals surface area (Å²) in [7, 11) is 0. The summed E-state index contributed by atoms with van der Waals surface area (Å²) >= 11 is 3.33. The van der Waals surface area contributed by atoms with E-state index in [1.54, 1.807) is 12.1 Å². The van der Waals surface area contributed by atoms with Gasteiger partial charge in [-0.15, -0.1) is 0 Å². The molecule has 3 nitrogen and oxygen atoms in total. The number of hydrogen-bond donors (Lipinski definition) is 1. The molecule has 2 N–H and O–H groups in total. The summed E-state index contributed by atoms with van der Waals surface area (Å²) in [6.45, 7) is 0.519. The molecule has 0 unspecified atom stereocenters. The van der Waals surface area contributed by atoms with E-state index in [0.717, 1.165) is 4.47 Å². The van der Waals surface area contributed by atoms with E-state index in [1.807, 2.05) is 6.07 Å². The number of anilines is 1. The van der Waals surface area contributed by atoms with Gasteiger partial charge in [0, 0.05) is 10.2 Å². The molecule has 0 atom stereocenters. The average molecular weight is 312 g/mol. The fourth-order valence-corrected chi connectivity index (χ4v) is 2.69. The number of esters is 1. The molecule has 0 heterocycles. The third-order valence-corrected chi connectivity index (χ3v) is 3.90. The van der Waals surface area contributed by atoms with Gasteiger partial charge in [0.1, 0.15) is 0 Å². The van der Waals surface area contributed by atoms with Crippen LogP contribution in [-0.2, 0) is 4.74 Å². The van der Waals surface area contributed by atoms with Crippen molar-refractivity contribution in [3.63, 3.8) is 0 Å². The lowest BCUT2D eigenvalue weighted by Gasteiger charge is -2.21. The second kappa shape index (κ2) is 6.23. The van der Waals surface area contributed by atoms with Gasteiger partial charge in [-0.3, -0.25) is 0 Å². The first-order valence-electron chi connectivity index (χ1n) is 6.39. The van der Waals surface area contributed by atoms with E-state index >= 15 is 0 Å². The van der Waals surface area contributed by atoms with Crippen LogP contribution in [0.1, 0.15) is 42.5 Å². The number of benzene rings is 1. The van der Waals surface area contributed by atoms with Crippen LogP contribution in [0.25, 0.3) is 0 Å². The van der Waals surface area contributed by atoms with Gasteiger partial charge in [0.05, 0.1) is 12.2 Å². The smallest absolute Gasteiger partial charge is 0.340 e. The highest BCUT2D eigenvalue weighted by Crippen LogP contribution is 2.25. The van der Waals surface area contributed by atoms with Gasteiger partial charge in [0.15, 0.2) is 0 Å². The van der Waals surface area contributed by atoms with E-state index in [1.165, 1.54) is 32.1 Å². The van der Waals surface area contributed by atoms with E-state index in [4.69, 9.17) is 10.5 Å². The molecule has 1 aromatic carbocycles. The number of halogens is 1. The third-order valence-electron chi connectivity index (χ3n) is 3.41. The summed E-state index contributed by atoms with van der Waals surface area (Å²) in [4.78, 5) is 11.9. The predicted octanol–water partition coefficient (Wildman–Crippen LogP) is 3.77. The molecule has 0 spiro atoms. The molecule has 0 aromatic heterocycles. The zero-order valence-corrected chi connectivity index (χ0v) is 11.9. The van der Waals surface area contributed by atoms with Crippen LogP contribution in [0.15, 0.2) is 22.7 Å². The number of nitrogens with two attached hydrogens (primary N) is 1. The van der Waals surface area contributed by atoms with Gasteiger partial charge >= 0.3 is 5.97 Å². The Hall–Kier alpha value is -1.03. The highest BCUT2D eigenvalue weighted by molar-refractivity contribution is 9.10. The molecule has 1 aromatic rings. The first-order valence-corrected chi connectivity index (χ1v) is 7.18. The Morgan fingerprint density at radius 1 is 1.33 bits per heavy atom. The maximum Gasteiger partial charge on any atom is 0.340 e. The second-order valence-electron chi connectivity index (χ2n) is 4.83. The van der Waals surface area contributed by atoms with Crippen LogP contribution in [0.3, 0.4) is 0 Å². The van der Waals surface area contributed by atoms with Gasteiger partial charge in [-0.05, 0) is 37.0 Å². The molecule has 0 radical (unpaired) electrons. The average Bonchev–Trinajstić information content (AvgIpc) is 2.40. The lowest BCUT2D eigenvalue weighted by molar-refractivity contribution is 0.0411.